The molecule has 16 heavy (non-hydrogen) atoms. The van der Waals surface area contributed by atoms with Gasteiger partial charge in [-0.1, -0.05) is 5.92 Å². The Morgan fingerprint density at radius 1 is 1.56 bits per heavy atom. The number of hydrogen-bond acceptors (Lipinski definition) is 3. The Labute approximate surface area is 95.6 Å². The Bertz CT molecular complexity index is 281. The van der Waals surface area contributed by atoms with E-state index in [0.29, 0.717) is 6.42 Å². The molecule has 0 bridgehead atoms. The van der Waals surface area contributed by atoms with Crippen molar-refractivity contribution in [2.24, 2.45) is 5.73 Å². The summed E-state index contributed by atoms with van der Waals surface area (Å²) in [7, 11) is 0. The SMILES string of the molecule is C#CCN(CC(=O)O)C(=O)CCCC(C)N. The molecule has 5 heteroatoms. The number of nitrogens with zero attached hydrogens (tertiary/aromatic N) is 1. The van der Waals surface area contributed by atoms with E-state index in [1.165, 1.54) is 0 Å². The molecular weight excluding hydrogens is 208 g/mol. The van der Waals surface area contributed by atoms with Crippen molar-refractivity contribution in [1.82, 2.24) is 4.90 Å². The van der Waals surface area contributed by atoms with Crippen LogP contribution in [0.25, 0.3) is 0 Å². The van der Waals surface area contributed by atoms with Crippen molar-refractivity contribution in [1.29, 1.82) is 0 Å². The number of terminal acetylenes is 1. The zero-order valence-electron chi connectivity index (χ0n) is 9.48. The molecule has 0 aliphatic heterocycles. The first-order chi connectivity index (χ1) is 7.47. The van der Waals surface area contributed by atoms with Crippen LogP contribution in [0.2, 0.25) is 0 Å². The number of carboxylic acid groups (broad SMARTS) is 1. The standard InChI is InChI=1S/C11H18N2O3/c1-3-7-13(8-11(15)16)10(14)6-4-5-9(2)12/h1,9H,4-8,12H2,2H3,(H,15,16). The average Bonchev–Trinajstić information content (AvgIpc) is 2.15. The summed E-state index contributed by atoms with van der Waals surface area (Å²) in [4.78, 5) is 23.2. The minimum Gasteiger partial charge on any atom is -0.480 e. The van der Waals surface area contributed by atoms with Gasteiger partial charge in [0, 0.05) is 12.5 Å². The highest BCUT2D eigenvalue weighted by atomic mass is 16.4. The van der Waals surface area contributed by atoms with Gasteiger partial charge in [0.05, 0.1) is 6.54 Å². The largest absolute Gasteiger partial charge is 0.480 e. The van der Waals surface area contributed by atoms with Crippen molar-refractivity contribution in [3.8, 4) is 12.3 Å². The van der Waals surface area contributed by atoms with Gasteiger partial charge in [0.2, 0.25) is 5.91 Å². The predicted molar refractivity (Wildman–Crippen MR) is 60.5 cm³/mol. The number of rotatable bonds is 7. The number of aliphatic carboxylic acids is 1. The molecule has 0 fully saturated rings. The van der Waals surface area contributed by atoms with Gasteiger partial charge in [-0.25, -0.2) is 0 Å². The molecule has 0 saturated heterocycles. The Kier molecular flexibility index (Phi) is 6.97. The highest BCUT2D eigenvalue weighted by Crippen LogP contribution is 2.02. The zero-order valence-corrected chi connectivity index (χ0v) is 9.48. The van der Waals surface area contributed by atoms with Crippen LogP contribution in [0.4, 0.5) is 0 Å². The lowest BCUT2D eigenvalue weighted by molar-refractivity contribution is -0.144. The molecule has 0 aliphatic carbocycles. The molecule has 1 amide bonds. The van der Waals surface area contributed by atoms with E-state index >= 15 is 0 Å². The van der Waals surface area contributed by atoms with Gasteiger partial charge in [0.25, 0.3) is 0 Å². The van der Waals surface area contributed by atoms with Crippen molar-refractivity contribution in [3.63, 3.8) is 0 Å². The second-order valence-electron chi connectivity index (χ2n) is 3.72. The molecule has 3 N–H and O–H groups in total. The Hall–Kier alpha value is -1.54. The van der Waals surface area contributed by atoms with Gasteiger partial charge in [0.1, 0.15) is 6.54 Å². The van der Waals surface area contributed by atoms with E-state index in [1.807, 2.05) is 6.92 Å². The van der Waals surface area contributed by atoms with E-state index in [-0.39, 0.29) is 31.5 Å². The van der Waals surface area contributed by atoms with Crippen molar-refractivity contribution >= 4 is 11.9 Å². The Balaban J connectivity index is 4.07. The van der Waals surface area contributed by atoms with Crippen molar-refractivity contribution in [3.05, 3.63) is 0 Å². The molecule has 0 rings (SSSR count). The second-order valence-corrected chi connectivity index (χ2v) is 3.72. The van der Waals surface area contributed by atoms with Crippen LogP contribution in [0.15, 0.2) is 0 Å². The first-order valence-electron chi connectivity index (χ1n) is 5.16. The third-order valence-corrected chi connectivity index (χ3v) is 2.01. The van der Waals surface area contributed by atoms with Gasteiger partial charge in [0.15, 0.2) is 0 Å². The van der Waals surface area contributed by atoms with E-state index in [9.17, 15) is 9.59 Å². The van der Waals surface area contributed by atoms with Gasteiger partial charge in [-0.05, 0) is 19.8 Å². The summed E-state index contributed by atoms with van der Waals surface area (Å²) in [5, 5.41) is 8.59. The maximum Gasteiger partial charge on any atom is 0.323 e. The van der Waals surface area contributed by atoms with Gasteiger partial charge >= 0.3 is 5.97 Å². The van der Waals surface area contributed by atoms with Crippen LogP contribution in [0.3, 0.4) is 0 Å². The van der Waals surface area contributed by atoms with E-state index in [2.05, 4.69) is 5.92 Å². The minimum atomic E-state index is -1.06. The summed E-state index contributed by atoms with van der Waals surface area (Å²) in [6.07, 6.45) is 6.74. The number of carbonyl (C=O) groups is 2. The fourth-order valence-electron chi connectivity index (χ4n) is 1.24. The lowest BCUT2D eigenvalue weighted by atomic mass is 10.1. The van der Waals surface area contributed by atoms with Crippen LogP contribution in [-0.2, 0) is 9.59 Å². The smallest absolute Gasteiger partial charge is 0.323 e. The molecule has 0 heterocycles. The summed E-state index contributed by atoms with van der Waals surface area (Å²) >= 11 is 0. The van der Waals surface area contributed by atoms with Crippen LogP contribution < -0.4 is 5.73 Å². The monoisotopic (exact) mass is 226 g/mol. The number of carboxylic acids is 1. The van der Waals surface area contributed by atoms with Crippen LogP contribution in [0, 0.1) is 12.3 Å². The van der Waals surface area contributed by atoms with Crippen LogP contribution in [0.1, 0.15) is 26.2 Å². The summed E-state index contributed by atoms with van der Waals surface area (Å²) in [5.74, 6) is 0.976. The molecule has 1 atom stereocenters. The molecule has 0 aliphatic rings. The van der Waals surface area contributed by atoms with Crippen LogP contribution in [0.5, 0.6) is 0 Å². The maximum atomic E-state index is 11.6. The fourth-order valence-corrected chi connectivity index (χ4v) is 1.24. The predicted octanol–water partition coefficient (Wildman–Crippen LogP) is 0.0503. The van der Waals surface area contributed by atoms with Gasteiger partial charge in [-0.2, -0.15) is 0 Å². The third kappa shape index (κ3) is 6.85. The summed E-state index contributed by atoms with van der Waals surface area (Å²) in [6, 6.07) is 0.0494. The van der Waals surface area contributed by atoms with E-state index in [1.54, 1.807) is 0 Å². The summed E-state index contributed by atoms with van der Waals surface area (Å²) < 4.78 is 0. The average molecular weight is 226 g/mol. The molecule has 0 aromatic rings. The van der Waals surface area contributed by atoms with E-state index < -0.39 is 5.97 Å². The minimum absolute atomic E-state index is 0.0311. The van der Waals surface area contributed by atoms with Crippen molar-refractivity contribution in [2.45, 2.75) is 32.2 Å². The molecule has 1 unspecified atom stereocenters. The fraction of sp³-hybridized carbons (Fsp3) is 0.636. The molecule has 0 saturated carbocycles. The molecule has 0 aromatic carbocycles. The topological polar surface area (TPSA) is 83.6 Å². The molecule has 0 radical (unpaired) electrons. The maximum absolute atomic E-state index is 11.6. The summed E-state index contributed by atoms with van der Waals surface area (Å²) in [6.45, 7) is 1.55. The highest BCUT2D eigenvalue weighted by Gasteiger charge is 2.15. The van der Waals surface area contributed by atoms with E-state index in [0.717, 1.165) is 11.3 Å². The first-order valence-corrected chi connectivity index (χ1v) is 5.16. The zero-order chi connectivity index (χ0) is 12.6. The highest BCUT2D eigenvalue weighted by molar-refractivity contribution is 5.81. The van der Waals surface area contributed by atoms with Crippen molar-refractivity contribution < 1.29 is 14.7 Å². The number of amides is 1. The molecule has 90 valence electrons. The second kappa shape index (κ2) is 7.71. The molecule has 0 spiro atoms. The van der Waals surface area contributed by atoms with Gasteiger partial charge in [-0.15, -0.1) is 6.42 Å². The number of hydrogen-bond donors (Lipinski definition) is 2. The number of nitrogens with two attached hydrogens (primary N) is 1. The lowest BCUT2D eigenvalue weighted by Crippen LogP contribution is -2.36. The van der Waals surface area contributed by atoms with Crippen LogP contribution >= 0.6 is 0 Å². The molecule has 0 aromatic heterocycles. The molecule has 5 nitrogen and oxygen atoms in total. The summed E-state index contributed by atoms with van der Waals surface area (Å²) in [5.41, 5.74) is 5.54. The Morgan fingerprint density at radius 3 is 2.62 bits per heavy atom. The lowest BCUT2D eigenvalue weighted by Gasteiger charge is -2.17. The van der Waals surface area contributed by atoms with E-state index in [4.69, 9.17) is 17.3 Å². The van der Waals surface area contributed by atoms with Crippen LogP contribution in [-0.4, -0.2) is 41.0 Å². The number of carbonyl (C=O) groups excluding carboxylic acids is 1. The Morgan fingerprint density at radius 2 is 2.19 bits per heavy atom. The van der Waals surface area contributed by atoms with Crippen molar-refractivity contribution in [2.75, 3.05) is 13.1 Å². The normalized spacial score (nSPS) is 11.6. The quantitative estimate of drug-likeness (QED) is 0.601. The molecular formula is C11H18N2O3. The first kappa shape index (κ1) is 14.5. The van der Waals surface area contributed by atoms with Gasteiger partial charge < -0.3 is 15.7 Å². The van der Waals surface area contributed by atoms with Gasteiger partial charge in [-0.3, -0.25) is 9.59 Å². The third-order valence-electron chi connectivity index (χ3n) is 2.01.